The highest BCUT2D eigenvalue weighted by atomic mass is 16.2. The summed E-state index contributed by atoms with van der Waals surface area (Å²) in [5.41, 5.74) is 0. The van der Waals surface area contributed by atoms with Crippen LogP contribution in [0.25, 0.3) is 0 Å². The Bertz CT molecular complexity index is 417. The SMILES string of the molecule is O=C(NCCCc1ncc[nH]1)C1CC2CCCCC2N1. The second kappa shape index (κ2) is 6.39. The number of nitrogens with one attached hydrogen (secondary N) is 3. The number of carbonyl (C=O) groups excluding carboxylic acids is 1. The molecule has 1 aromatic heterocycles. The lowest BCUT2D eigenvalue weighted by Gasteiger charge is -2.24. The number of fused-ring (bicyclic) bond motifs is 1. The molecule has 1 aliphatic heterocycles. The molecule has 0 aromatic carbocycles. The second-order valence-corrected chi connectivity index (χ2v) is 6.04. The number of hydrogen-bond acceptors (Lipinski definition) is 3. The standard InChI is InChI=1S/C15H24N4O/c20-15(18-7-3-6-14-16-8-9-17-14)13-10-11-4-1-2-5-12(11)19-13/h8-9,11-13,19H,1-7,10H2,(H,16,17)(H,18,20). The lowest BCUT2D eigenvalue weighted by atomic mass is 9.85. The van der Waals surface area contributed by atoms with Crippen LogP contribution >= 0.6 is 0 Å². The maximum atomic E-state index is 12.2. The number of amides is 1. The van der Waals surface area contributed by atoms with E-state index in [0.717, 1.165) is 37.5 Å². The molecule has 0 spiro atoms. The Balaban J connectivity index is 1.37. The summed E-state index contributed by atoms with van der Waals surface area (Å²) in [6.07, 6.45) is 11.6. The highest BCUT2D eigenvalue weighted by molar-refractivity contribution is 5.82. The summed E-state index contributed by atoms with van der Waals surface area (Å²) in [6.45, 7) is 0.729. The average Bonchev–Trinajstić information content (AvgIpc) is 3.12. The molecule has 1 amide bonds. The van der Waals surface area contributed by atoms with E-state index >= 15 is 0 Å². The van der Waals surface area contributed by atoms with Crippen LogP contribution in [-0.2, 0) is 11.2 Å². The lowest BCUT2D eigenvalue weighted by molar-refractivity contribution is -0.122. The van der Waals surface area contributed by atoms with Crippen LogP contribution in [0.3, 0.4) is 0 Å². The van der Waals surface area contributed by atoms with Gasteiger partial charge in [0.1, 0.15) is 5.82 Å². The zero-order valence-corrected chi connectivity index (χ0v) is 11.9. The van der Waals surface area contributed by atoms with E-state index in [1.54, 1.807) is 6.20 Å². The summed E-state index contributed by atoms with van der Waals surface area (Å²) in [4.78, 5) is 19.4. The molecule has 20 heavy (non-hydrogen) atoms. The van der Waals surface area contributed by atoms with Gasteiger partial charge in [0, 0.05) is 31.4 Å². The molecule has 1 aliphatic carbocycles. The van der Waals surface area contributed by atoms with Crippen molar-refractivity contribution in [2.75, 3.05) is 6.54 Å². The van der Waals surface area contributed by atoms with Crippen molar-refractivity contribution in [2.24, 2.45) is 5.92 Å². The van der Waals surface area contributed by atoms with Crippen molar-refractivity contribution in [1.82, 2.24) is 20.6 Å². The Morgan fingerprint density at radius 3 is 3.10 bits per heavy atom. The smallest absolute Gasteiger partial charge is 0.237 e. The zero-order chi connectivity index (χ0) is 13.8. The molecule has 0 radical (unpaired) electrons. The van der Waals surface area contributed by atoms with Crippen molar-refractivity contribution in [1.29, 1.82) is 0 Å². The molecule has 3 unspecified atom stereocenters. The Morgan fingerprint density at radius 1 is 1.40 bits per heavy atom. The van der Waals surface area contributed by atoms with E-state index in [1.165, 1.54) is 25.7 Å². The minimum absolute atomic E-state index is 0.0340. The van der Waals surface area contributed by atoms with Crippen molar-refractivity contribution in [3.63, 3.8) is 0 Å². The summed E-state index contributed by atoms with van der Waals surface area (Å²) in [5.74, 6) is 1.89. The van der Waals surface area contributed by atoms with Crippen LogP contribution in [0.5, 0.6) is 0 Å². The molecule has 1 saturated heterocycles. The van der Waals surface area contributed by atoms with E-state index in [0.29, 0.717) is 6.04 Å². The van der Waals surface area contributed by atoms with Crippen molar-refractivity contribution in [3.8, 4) is 0 Å². The topological polar surface area (TPSA) is 69.8 Å². The second-order valence-electron chi connectivity index (χ2n) is 6.04. The van der Waals surface area contributed by atoms with Crippen molar-refractivity contribution >= 4 is 5.91 Å². The predicted molar refractivity (Wildman–Crippen MR) is 77.2 cm³/mol. The fourth-order valence-electron chi connectivity index (χ4n) is 3.55. The lowest BCUT2D eigenvalue weighted by Crippen LogP contribution is -2.43. The van der Waals surface area contributed by atoms with Gasteiger partial charge in [0.25, 0.3) is 0 Å². The fourth-order valence-corrected chi connectivity index (χ4v) is 3.55. The molecule has 2 aliphatic rings. The van der Waals surface area contributed by atoms with Gasteiger partial charge in [0.05, 0.1) is 6.04 Å². The molecule has 110 valence electrons. The van der Waals surface area contributed by atoms with Crippen LogP contribution in [-0.4, -0.2) is 34.5 Å². The molecule has 2 fully saturated rings. The van der Waals surface area contributed by atoms with Crippen molar-refractivity contribution < 1.29 is 4.79 Å². The van der Waals surface area contributed by atoms with E-state index in [2.05, 4.69) is 20.6 Å². The van der Waals surface area contributed by atoms with Gasteiger partial charge < -0.3 is 15.6 Å². The van der Waals surface area contributed by atoms with E-state index in [4.69, 9.17) is 0 Å². The largest absolute Gasteiger partial charge is 0.355 e. The number of aromatic nitrogens is 2. The van der Waals surface area contributed by atoms with Crippen LogP contribution in [0.4, 0.5) is 0 Å². The number of nitrogens with zero attached hydrogens (tertiary/aromatic N) is 1. The van der Waals surface area contributed by atoms with Crippen LogP contribution in [0.15, 0.2) is 12.4 Å². The normalized spacial score (nSPS) is 29.1. The maximum Gasteiger partial charge on any atom is 0.237 e. The van der Waals surface area contributed by atoms with Gasteiger partial charge >= 0.3 is 0 Å². The Labute approximate surface area is 119 Å². The van der Waals surface area contributed by atoms with E-state index < -0.39 is 0 Å². The summed E-state index contributed by atoms with van der Waals surface area (Å²) < 4.78 is 0. The van der Waals surface area contributed by atoms with Gasteiger partial charge in [-0.2, -0.15) is 0 Å². The minimum Gasteiger partial charge on any atom is -0.355 e. The molecule has 5 nitrogen and oxygen atoms in total. The van der Waals surface area contributed by atoms with Gasteiger partial charge in [-0.05, 0) is 31.6 Å². The number of carbonyl (C=O) groups is 1. The maximum absolute atomic E-state index is 12.2. The number of aromatic amines is 1. The first-order chi connectivity index (χ1) is 9.83. The van der Waals surface area contributed by atoms with E-state index in [9.17, 15) is 4.79 Å². The fraction of sp³-hybridized carbons (Fsp3) is 0.733. The first-order valence-corrected chi connectivity index (χ1v) is 7.85. The number of rotatable bonds is 5. The highest BCUT2D eigenvalue weighted by Gasteiger charge is 2.37. The van der Waals surface area contributed by atoms with Crippen LogP contribution in [0, 0.1) is 5.92 Å². The molecule has 1 aromatic rings. The first kappa shape index (κ1) is 13.6. The minimum atomic E-state index is 0.0340. The van der Waals surface area contributed by atoms with E-state index in [-0.39, 0.29) is 11.9 Å². The van der Waals surface area contributed by atoms with Gasteiger partial charge in [-0.1, -0.05) is 12.8 Å². The summed E-state index contributed by atoms with van der Waals surface area (Å²) >= 11 is 0. The summed E-state index contributed by atoms with van der Waals surface area (Å²) in [5, 5.41) is 6.57. The summed E-state index contributed by atoms with van der Waals surface area (Å²) in [7, 11) is 0. The van der Waals surface area contributed by atoms with Crippen LogP contribution < -0.4 is 10.6 Å². The molecule has 5 heteroatoms. The monoisotopic (exact) mass is 276 g/mol. The third-order valence-electron chi connectivity index (χ3n) is 4.62. The summed E-state index contributed by atoms with van der Waals surface area (Å²) in [6, 6.07) is 0.620. The average molecular weight is 276 g/mol. The van der Waals surface area contributed by atoms with Crippen LogP contribution in [0.1, 0.15) is 44.3 Å². The first-order valence-electron chi connectivity index (χ1n) is 7.85. The Kier molecular flexibility index (Phi) is 4.35. The van der Waals surface area contributed by atoms with Gasteiger partial charge in [-0.25, -0.2) is 4.98 Å². The number of aryl methyl sites for hydroxylation is 1. The van der Waals surface area contributed by atoms with Crippen LogP contribution in [0.2, 0.25) is 0 Å². The molecule has 0 bridgehead atoms. The molecule has 3 atom stereocenters. The molecule has 3 rings (SSSR count). The Hall–Kier alpha value is -1.36. The third-order valence-corrected chi connectivity index (χ3v) is 4.62. The molecular weight excluding hydrogens is 252 g/mol. The molecule has 2 heterocycles. The van der Waals surface area contributed by atoms with E-state index in [1.807, 2.05) is 6.20 Å². The number of hydrogen-bond donors (Lipinski definition) is 3. The zero-order valence-electron chi connectivity index (χ0n) is 11.9. The predicted octanol–water partition coefficient (Wildman–Crippen LogP) is 1.38. The van der Waals surface area contributed by atoms with Gasteiger partial charge in [-0.3, -0.25) is 4.79 Å². The van der Waals surface area contributed by atoms with Gasteiger partial charge in [0.15, 0.2) is 0 Å². The molecule has 3 N–H and O–H groups in total. The highest BCUT2D eigenvalue weighted by Crippen LogP contribution is 2.33. The van der Waals surface area contributed by atoms with Gasteiger partial charge in [-0.15, -0.1) is 0 Å². The number of imidazole rings is 1. The van der Waals surface area contributed by atoms with Gasteiger partial charge in [0.2, 0.25) is 5.91 Å². The molecule has 1 saturated carbocycles. The number of H-pyrrole nitrogens is 1. The quantitative estimate of drug-likeness (QED) is 0.712. The van der Waals surface area contributed by atoms with Crippen molar-refractivity contribution in [2.45, 2.75) is 57.0 Å². The Morgan fingerprint density at radius 2 is 2.30 bits per heavy atom. The van der Waals surface area contributed by atoms with Crippen molar-refractivity contribution in [3.05, 3.63) is 18.2 Å². The molecular formula is C15H24N4O. The third kappa shape index (κ3) is 3.20.